The van der Waals surface area contributed by atoms with Crippen LogP contribution in [0.15, 0.2) is 30.3 Å². The molecule has 1 saturated heterocycles. The van der Waals surface area contributed by atoms with Gasteiger partial charge in [0.25, 0.3) is 0 Å². The van der Waals surface area contributed by atoms with Crippen molar-refractivity contribution >= 4 is 6.08 Å². The maximum atomic E-state index is 5.71. The second kappa shape index (κ2) is 7.49. The van der Waals surface area contributed by atoms with Crippen LogP contribution in [0.25, 0.3) is 6.08 Å². The summed E-state index contributed by atoms with van der Waals surface area (Å²) in [5.41, 5.74) is 1.19. The van der Waals surface area contributed by atoms with Crippen LogP contribution in [0.1, 0.15) is 51.5 Å². The number of unbranched alkanes of at least 4 members (excludes halogenated alkanes) is 4. The zero-order valence-corrected chi connectivity index (χ0v) is 12.7. The number of hydrogen-bond acceptors (Lipinski definition) is 2. The van der Waals surface area contributed by atoms with Crippen molar-refractivity contribution in [2.45, 2.75) is 51.6 Å². The molecule has 0 aromatic heterocycles. The lowest BCUT2D eigenvalue weighted by molar-refractivity contribution is 0.202. The zero-order valence-electron chi connectivity index (χ0n) is 12.7. The third kappa shape index (κ3) is 5.38. The van der Waals surface area contributed by atoms with E-state index in [9.17, 15) is 0 Å². The molecule has 1 aliphatic heterocycles. The van der Waals surface area contributed by atoms with Crippen molar-refractivity contribution in [2.24, 2.45) is 0 Å². The van der Waals surface area contributed by atoms with Gasteiger partial charge in [-0.1, -0.05) is 50.5 Å². The smallest absolute Gasteiger partial charge is 0.123 e. The van der Waals surface area contributed by atoms with Crippen molar-refractivity contribution < 1.29 is 9.47 Å². The van der Waals surface area contributed by atoms with Gasteiger partial charge in [-0.15, -0.1) is 0 Å². The fourth-order valence-corrected chi connectivity index (χ4v) is 2.03. The van der Waals surface area contributed by atoms with Gasteiger partial charge in [0.05, 0.1) is 6.61 Å². The number of hydrogen-bond donors (Lipinski definition) is 0. The molecule has 1 unspecified atom stereocenters. The van der Waals surface area contributed by atoms with Crippen molar-refractivity contribution in [3.05, 3.63) is 35.9 Å². The van der Waals surface area contributed by atoms with E-state index < -0.39 is 0 Å². The summed E-state index contributed by atoms with van der Waals surface area (Å²) >= 11 is 0. The van der Waals surface area contributed by atoms with Gasteiger partial charge >= 0.3 is 0 Å². The van der Waals surface area contributed by atoms with Gasteiger partial charge in [-0.05, 0) is 37.5 Å². The maximum absolute atomic E-state index is 5.71. The lowest BCUT2D eigenvalue weighted by Gasteiger charge is -2.08. The summed E-state index contributed by atoms with van der Waals surface area (Å²) in [6, 6.07) is 8.27. The van der Waals surface area contributed by atoms with Crippen LogP contribution in [0.2, 0.25) is 0 Å². The van der Waals surface area contributed by atoms with Gasteiger partial charge in [-0.25, -0.2) is 0 Å². The molecule has 0 radical (unpaired) electrons. The molecule has 1 fully saturated rings. The predicted molar refractivity (Wildman–Crippen MR) is 84.1 cm³/mol. The van der Waals surface area contributed by atoms with Crippen molar-refractivity contribution in [3.8, 4) is 5.75 Å². The molecule has 0 spiro atoms. The van der Waals surface area contributed by atoms with Gasteiger partial charge in [-0.2, -0.15) is 0 Å². The zero-order chi connectivity index (χ0) is 14.3. The van der Waals surface area contributed by atoms with E-state index in [4.69, 9.17) is 9.47 Å². The monoisotopic (exact) mass is 274 g/mol. The number of ether oxygens (including phenoxy) is 2. The molecular weight excluding hydrogens is 248 g/mol. The van der Waals surface area contributed by atoms with Gasteiger partial charge in [0.15, 0.2) is 0 Å². The first kappa shape index (κ1) is 15.1. The van der Waals surface area contributed by atoms with Crippen LogP contribution >= 0.6 is 0 Å². The largest absolute Gasteiger partial charge is 0.491 e. The van der Waals surface area contributed by atoms with Crippen LogP contribution in [0, 0.1) is 0 Å². The number of epoxide rings is 1. The van der Waals surface area contributed by atoms with Crippen molar-refractivity contribution in [3.63, 3.8) is 0 Å². The molecule has 2 heteroatoms. The Balaban J connectivity index is 1.69. The Morgan fingerprint density at radius 1 is 1.20 bits per heavy atom. The first-order chi connectivity index (χ1) is 9.72. The van der Waals surface area contributed by atoms with E-state index in [0.717, 1.165) is 12.4 Å². The molecule has 20 heavy (non-hydrogen) atoms. The summed E-state index contributed by atoms with van der Waals surface area (Å²) in [7, 11) is 0. The van der Waals surface area contributed by atoms with E-state index in [-0.39, 0.29) is 5.60 Å². The van der Waals surface area contributed by atoms with Crippen LogP contribution < -0.4 is 4.74 Å². The minimum Gasteiger partial charge on any atom is -0.491 e. The average Bonchev–Trinajstić information content (AvgIpc) is 3.20. The normalized spacial score (nSPS) is 21.3. The predicted octanol–water partition coefficient (Wildman–Crippen LogP) is 4.84. The second-order valence-electron chi connectivity index (χ2n) is 5.85. The Hall–Kier alpha value is -1.28. The van der Waals surface area contributed by atoms with Gasteiger partial charge in [0.2, 0.25) is 0 Å². The highest BCUT2D eigenvalue weighted by molar-refractivity contribution is 5.50. The van der Waals surface area contributed by atoms with Crippen molar-refractivity contribution in [1.82, 2.24) is 0 Å². The van der Waals surface area contributed by atoms with Crippen molar-refractivity contribution in [2.75, 3.05) is 13.2 Å². The van der Waals surface area contributed by atoms with Gasteiger partial charge in [0, 0.05) is 0 Å². The fraction of sp³-hybridized carbons (Fsp3) is 0.556. The molecule has 1 heterocycles. The number of allylic oxidation sites excluding steroid dienone is 1. The highest BCUT2D eigenvalue weighted by atomic mass is 16.6. The molecule has 1 atom stereocenters. The lowest BCUT2D eigenvalue weighted by Crippen LogP contribution is -2.16. The van der Waals surface area contributed by atoms with E-state index >= 15 is 0 Å². The Bertz CT molecular complexity index is 416. The summed E-state index contributed by atoms with van der Waals surface area (Å²) < 4.78 is 11.0. The molecule has 0 N–H and O–H groups in total. The van der Waals surface area contributed by atoms with Crippen LogP contribution in [0.5, 0.6) is 5.75 Å². The summed E-state index contributed by atoms with van der Waals surface area (Å²) in [4.78, 5) is 0. The molecule has 1 aromatic rings. The summed E-state index contributed by atoms with van der Waals surface area (Å²) in [6.07, 6.45) is 10.9. The minimum absolute atomic E-state index is 0.0446. The van der Waals surface area contributed by atoms with Gasteiger partial charge in [-0.3, -0.25) is 0 Å². The Morgan fingerprint density at radius 3 is 2.60 bits per heavy atom. The maximum Gasteiger partial charge on any atom is 0.123 e. The molecule has 0 saturated carbocycles. The molecular formula is C18H26O2. The number of benzene rings is 1. The van der Waals surface area contributed by atoms with Crippen LogP contribution in [-0.2, 0) is 4.74 Å². The fourth-order valence-electron chi connectivity index (χ4n) is 2.03. The molecule has 110 valence electrons. The quantitative estimate of drug-likeness (QED) is 0.475. The molecule has 2 nitrogen and oxygen atoms in total. The number of rotatable bonds is 9. The molecule has 0 amide bonds. The average molecular weight is 274 g/mol. The van der Waals surface area contributed by atoms with Crippen LogP contribution in [0.4, 0.5) is 0 Å². The summed E-state index contributed by atoms with van der Waals surface area (Å²) in [5.74, 6) is 0.918. The topological polar surface area (TPSA) is 21.8 Å². The molecule has 1 aliphatic rings. The molecule has 1 aromatic carbocycles. The lowest BCUT2D eigenvalue weighted by atomic mass is 10.1. The second-order valence-corrected chi connectivity index (χ2v) is 5.85. The van der Waals surface area contributed by atoms with E-state index in [1.807, 2.05) is 12.1 Å². The minimum atomic E-state index is -0.0446. The summed E-state index contributed by atoms with van der Waals surface area (Å²) in [5, 5.41) is 0. The van der Waals surface area contributed by atoms with E-state index in [1.54, 1.807) is 0 Å². The third-order valence-corrected chi connectivity index (χ3v) is 3.60. The highest BCUT2D eigenvalue weighted by Crippen LogP contribution is 2.27. The third-order valence-electron chi connectivity index (χ3n) is 3.60. The first-order valence-electron chi connectivity index (χ1n) is 7.75. The first-order valence-corrected chi connectivity index (χ1v) is 7.75. The Labute approximate surface area is 122 Å². The molecule has 0 aliphatic carbocycles. The van der Waals surface area contributed by atoms with Gasteiger partial charge in [0.1, 0.15) is 18.0 Å². The SMILES string of the molecule is CCCCCC/C=C/c1ccc(OCC2(C)CO2)cc1. The van der Waals surface area contributed by atoms with Crippen LogP contribution in [0.3, 0.4) is 0 Å². The Kier molecular flexibility index (Phi) is 5.66. The summed E-state index contributed by atoms with van der Waals surface area (Å²) in [6.45, 7) is 5.77. The Morgan fingerprint density at radius 2 is 1.95 bits per heavy atom. The van der Waals surface area contributed by atoms with Crippen molar-refractivity contribution in [1.29, 1.82) is 0 Å². The molecule has 0 bridgehead atoms. The van der Waals surface area contributed by atoms with Crippen LogP contribution in [-0.4, -0.2) is 18.8 Å². The van der Waals surface area contributed by atoms with Gasteiger partial charge < -0.3 is 9.47 Å². The van der Waals surface area contributed by atoms with E-state index in [2.05, 4.69) is 38.1 Å². The molecule has 2 rings (SSSR count). The highest BCUT2D eigenvalue weighted by Gasteiger charge is 2.40. The standard InChI is InChI=1S/C18H26O2/c1-3-4-5-6-7-8-9-16-10-12-17(13-11-16)19-14-18(2)15-20-18/h8-13H,3-7,14-15H2,1-2H3/b9-8+. The van der Waals surface area contributed by atoms with E-state index in [0.29, 0.717) is 6.61 Å². The van der Waals surface area contributed by atoms with E-state index in [1.165, 1.54) is 37.7 Å².